The number of hydrogen-bond acceptors (Lipinski definition) is 4. The lowest BCUT2D eigenvalue weighted by Gasteiger charge is -2.33. The molecule has 2 aliphatic rings. The van der Waals surface area contributed by atoms with Crippen molar-refractivity contribution in [3.05, 3.63) is 35.4 Å². The molecule has 0 spiro atoms. The second-order valence-electron chi connectivity index (χ2n) is 7.37. The van der Waals surface area contributed by atoms with Crippen molar-refractivity contribution in [2.45, 2.75) is 26.7 Å². The number of pyridine rings is 1. The maximum atomic E-state index is 12.0. The van der Waals surface area contributed by atoms with Gasteiger partial charge < -0.3 is 14.7 Å². The van der Waals surface area contributed by atoms with Gasteiger partial charge in [-0.3, -0.25) is 4.79 Å². The summed E-state index contributed by atoms with van der Waals surface area (Å²) in [5.74, 6) is 0.205. The average molecular weight is 340 g/mol. The number of aryl methyl sites for hydroxylation is 2. The number of carboxylic acid groups (broad SMARTS) is 1. The number of ether oxygens (including phenoxy) is 1. The van der Waals surface area contributed by atoms with Crippen LogP contribution >= 0.6 is 0 Å². The number of rotatable bonds is 3. The Morgan fingerprint density at radius 1 is 1.44 bits per heavy atom. The molecule has 2 aromatic rings. The Morgan fingerprint density at radius 2 is 2.28 bits per heavy atom. The highest BCUT2D eigenvalue weighted by Gasteiger charge is 2.54. The van der Waals surface area contributed by atoms with Crippen molar-refractivity contribution in [2.24, 2.45) is 11.3 Å². The number of carbonyl (C=O) groups is 1. The zero-order valence-electron chi connectivity index (χ0n) is 14.8. The van der Waals surface area contributed by atoms with Gasteiger partial charge in [-0.1, -0.05) is 13.0 Å². The molecule has 3 heterocycles. The van der Waals surface area contributed by atoms with Gasteiger partial charge in [0.2, 0.25) is 0 Å². The summed E-state index contributed by atoms with van der Waals surface area (Å²) in [6, 6.07) is 8.49. The molecule has 5 heteroatoms. The van der Waals surface area contributed by atoms with Crippen LogP contribution in [0, 0.1) is 18.3 Å². The fraction of sp³-hybridized carbons (Fsp3) is 0.500. The van der Waals surface area contributed by atoms with Crippen LogP contribution < -0.4 is 4.90 Å². The third-order valence-electron chi connectivity index (χ3n) is 5.93. The minimum atomic E-state index is -0.701. The summed E-state index contributed by atoms with van der Waals surface area (Å²) in [6.45, 7) is 6.51. The Balaban J connectivity index is 1.72. The van der Waals surface area contributed by atoms with Crippen molar-refractivity contribution in [3.63, 3.8) is 0 Å². The maximum absolute atomic E-state index is 12.0. The maximum Gasteiger partial charge on any atom is 0.311 e. The Hall–Kier alpha value is -2.14. The fourth-order valence-corrected chi connectivity index (χ4v) is 4.28. The molecule has 2 aliphatic heterocycles. The normalized spacial score (nSPS) is 26.0. The van der Waals surface area contributed by atoms with Gasteiger partial charge in [-0.05, 0) is 49.1 Å². The van der Waals surface area contributed by atoms with Gasteiger partial charge in [-0.25, -0.2) is 4.98 Å². The number of aromatic nitrogens is 1. The summed E-state index contributed by atoms with van der Waals surface area (Å²) < 4.78 is 5.55. The van der Waals surface area contributed by atoms with Crippen LogP contribution in [0.2, 0.25) is 0 Å². The zero-order valence-corrected chi connectivity index (χ0v) is 14.8. The number of fused-ring (bicyclic) bond motifs is 2. The number of nitrogens with zero attached hydrogens (tertiary/aromatic N) is 2. The van der Waals surface area contributed by atoms with E-state index in [1.54, 1.807) is 0 Å². The first kappa shape index (κ1) is 16.3. The summed E-state index contributed by atoms with van der Waals surface area (Å²) in [5.41, 5.74) is 2.77. The van der Waals surface area contributed by atoms with E-state index in [4.69, 9.17) is 9.72 Å². The van der Waals surface area contributed by atoms with Gasteiger partial charge in [0.1, 0.15) is 5.82 Å². The zero-order chi connectivity index (χ0) is 17.6. The number of benzene rings is 1. The van der Waals surface area contributed by atoms with Crippen LogP contribution in [0.4, 0.5) is 5.82 Å². The summed E-state index contributed by atoms with van der Waals surface area (Å²) in [7, 11) is 0. The number of anilines is 1. The molecule has 0 radical (unpaired) electrons. The second-order valence-corrected chi connectivity index (χ2v) is 7.37. The molecular formula is C20H24N2O3. The molecule has 25 heavy (non-hydrogen) atoms. The van der Waals surface area contributed by atoms with Gasteiger partial charge in [0.25, 0.3) is 0 Å². The molecule has 1 aromatic carbocycles. The van der Waals surface area contributed by atoms with Crippen molar-refractivity contribution >= 4 is 22.7 Å². The van der Waals surface area contributed by atoms with Gasteiger partial charge in [0.15, 0.2) is 0 Å². The van der Waals surface area contributed by atoms with Crippen LogP contribution in [-0.2, 0) is 16.0 Å². The number of hydrogen-bond donors (Lipinski definition) is 1. The first-order valence-electron chi connectivity index (χ1n) is 9.00. The van der Waals surface area contributed by atoms with Gasteiger partial charge >= 0.3 is 5.97 Å². The molecular weight excluding hydrogens is 316 g/mol. The molecule has 2 atom stereocenters. The Morgan fingerprint density at radius 3 is 3.00 bits per heavy atom. The van der Waals surface area contributed by atoms with Crippen molar-refractivity contribution < 1.29 is 14.6 Å². The van der Waals surface area contributed by atoms with Crippen LogP contribution in [0.3, 0.4) is 0 Å². The lowest BCUT2D eigenvalue weighted by Crippen LogP contribution is -2.44. The van der Waals surface area contributed by atoms with E-state index in [0.29, 0.717) is 32.7 Å². The lowest BCUT2D eigenvalue weighted by atomic mass is 9.74. The van der Waals surface area contributed by atoms with E-state index >= 15 is 0 Å². The van der Waals surface area contributed by atoms with Crippen molar-refractivity contribution in [1.29, 1.82) is 0 Å². The Labute approximate surface area is 147 Å². The van der Waals surface area contributed by atoms with E-state index in [1.165, 1.54) is 16.5 Å². The summed E-state index contributed by atoms with van der Waals surface area (Å²) in [6.07, 6.45) is 1.59. The Kier molecular flexibility index (Phi) is 3.91. The van der Waals surface area contributed by atoms with Crippen molar-refractivity contribution in [3.8, 4) is 0 Å². The highest BCUT2D eigenvalue weighted by atomic mass is 16.5. The molecule has 1 aromatic heterocycles. The van der Waals surface area contributed by atoms with Gasteiger partial charge in [-0.2, -0.15) is 0 Å². The van der Waals surface area contributed by atoms with E-state index in [0.717, 1.165) is 17.8 Å². The third-order valence-corrected chi connectivity index (χ3v) is 5.93. The van der Waals surface area contributed by atoms with Crippen LogP contribution in [0.25, 0.3) is 10.9 Å². The SMILES string of the molecule is CCc1ccc2nc(N3C[C@@H]4COCC[C@]4(C(=O)O)C3)cc(C)c2c1. The summed E-state index contributed by atoms with van der Waals surface area (Å²) >= 11 is 0. The van der Waals surface area contributed by atoms with Crippen molar-refractivity contribution in [1.82, 2.24) is 4.98 Å². The topological polar surface area (TPSA) is 62.7 Å². The van der Waals surface area contributed by atoms with E-state index in [9.17, 15) is 9.90 Å². The quantitative estimate of drug-likeness (QED) is 0.930. The molecule has 5 nitrogen and oxygen atoms in total. The monoisotopic (exact) mass is 340 g/mol. The minimum Gasteiger partial charge on any atom is -0.481 e. The van der Waals surface area contributed by atoms with Gasteiger partial charge in [0, 0.05) is 31.0 Å². The van der Waals surface area contributed by atoms with Crippen molar-refractivity contribution in [2.75, 3.05) is 31.2 Å². The molecule has 4 rings (SSSR count). The molecule has 132 valence electrons. The average Bonchev–Trinajstić information content (AvgIpc) is 3.02. The molecule has 2 saturated heterocycles. The lowest BCUT2D eigenvalue weighted by molar-refractivity contribution is -0.157. The smallest absolute Gasteiger partial charge is 0.311 e. The predicted molar refractivity (Wildman–Crippen MR) is 97.1 cm³/mol. The standard InChI is InChI=1S/C20H24N2O3/c1-3-14-4-5-17-16(9-14)13(2)8-18(21-17)22-10-15-11-25-7-6-20(15,12-22)19(23)24/h4-5,8-9,15H,3,6-7,10-12H2,1-2H3,(H,23,24)/t15-,20+/m1/s1. The van der Waals surface area contributed by atoms with Crippen LogP contribution in [0.15, 0.2) is 24.3 Å². The first-order chi connectivity index (χ1) is 12.0. The van der Waals surface area contributed by atoms with Gasteiger partial charge in [0.05, 0.1) is 17.5 Å². The van der Waals surface area contributed by atoms with E-state index in [1.807, 2.05) is 0 Å². The largest absolute Gasteiger partial charge is 0.481 e. The Bertz CT molecular complexity index is 835. The van der Waals surface area contributed by atoms with Crippen LogP contribution in [0.1, 0.15) is 24.5 Å². The summed E-state index contributed by atoms with van der Waals surface area (Å²) in [5, 5.41) is 11.0. The van der Waals surface area contributed by atoms with E-state index in [2.05, 4.69) is 43.0 Å². The second kappa shape index (κ2) is 5.99. The number of carboxylic acids is 1. The molecule has 2 fully saturated rings. The highest BCUT2D eigenvalue weighted by molar-refractivity contribution is 5.85. The highest BCUT2D eigenvalue weighted by Crippen LogP contribution is 2.44. The molecule has 0 aliphatic carbocycles. The summed E-state index contributed by atoms with van der Waals surface area (Å²) in [4.78, 5) is 18.9. The third kappa shape index (κ3) is 2.58. The van der Waals surface area contributed by atoms with Crippen LogP contribution in [-0.4, -0.2) is 42.4 Å². The minimum absolute atomic E-state index is 0.0269. The van der Waals surface area contributed by atoms with E-state index in [-0.39, 0.29) is 5.92 Å². The number of aliphatic carboxylic acids is 1. The predicted octanol–water partition coefficient (Wildman–Crippen LogP) is 3.03. The van der Waals surface area contributed by atoms with Crippen LogP contribution in [0.5, 0.6) is 0 Å². The fourth-order valence-electron chi connectivity index (χ4n) is 4.28. The van der Waals surface area contributed by atoms with Gasteiger partial charge in [-0.15, -0.1) is 0 Å². The molecule has 0 bridgehead atoms. The molecule has 0 saturated carbocycles. The first-order valence-corrected chi connectivity index (χ1v) is 9.00. The molecule has 1 N–H and O–H groups in total. The van der Waals surface area contributed by atoms with E-state index < -0.39 is 11.4 Å². The molecule has 0 amide bonds. The molecule has 0 unspecified atom stereocenters.